The van der Waals surface area contributed by atoms with Crippen LogP contribution in [0.3, 0.4) is 0 Å². The molecule has 7 heteroatoms. The van der Waals surface area contributed by atoms with E-state index in [-0.39, 0.29) is 0 Å². The number of aromatic nitrogens is 4. The maximum absolute atomic E-state index is 5.94. The first-order valence-electron chi connectivity index (χ1n) is 8.83. The van der Waals surface area contributed by atoms with Crippen molar-refractivity contribution in [3.8, 4) is 17.1 Å². The topological polar surface area (TPSA) is 47.7 Å². The zero-order valence-corrected chi connectivity index (χ0v) is 16.6. The Balaban J connectivity index is 1.64. The summed E-state index contributed by atoms with van der Waals surface area (Å²) in [7, 11) is 0. The zero-order chi connectivity index (χ0) is 19.3. The van der Waals surface area contributed by atoms with E-state index in [9.17, 15) is 0 Å². The fourth-order valence-corrected chi connectivity index (χ4v) is 3.34. The predicted octanol–water partition coefficient (Wildman–Crippen LogP) is 4.87. The van der Waals surface area contributed by atoms with Crippen molar-refractivity contribution in [1.29, 1.82) is 0 Å². The number of nitrogens with zero attached hydrogens (tertiary/aromatic N) is 4. The van der Waals surface area contributed by atoms with Crippen LogP contribution in [0, 0.1) is 4.77 Å². The van der Waals surface area contributed by atoms with Crippen LogP contribution >= 0.6 is 23.8 Å². The van der Waals surface area contributed by atoms with Crippen LogP contribution in [0.2, 0.25) is 5.02 Å². The molecule has 0 aliphatic heterocycles. The molecular formula is C21H18ClN5S. The Morgan fingerprint density at radius 3 is 2.36 bits per heavy atom. The van der Waals surface area contributed by atoms with Crippen LogP contribution in [0.5, 0.6) is 0 Å². The van der Waals surface area contributed by atoms with Gasteiger partial charge in [-0.25, -0.2) is 4.68 Å². The van der Waals surface area contributed by atoms with Crippen molar-refractivity contribution >= 4 is 23.8 Å². The number of halogens is 1. The molecule has 2 aromatic heterocycles. The van der Waals surface area contributed by atoms with E-state index >= 15 is 0 Å². The molecule has 5 nitrogen and oxygen atoms in total. The number of pyridine rings is 1. The Kier molecular flexibility index (Phi) is 5.62. The fraction of sp³-hybridized carbons (Fsp3) is 0.0952. The highest BCUT2D eigenvalue weighted by atomic mass is 35.5. The zero-order valence-electron chi connectivity index (χ0n) is 15.0. The van der Waals surface area contributed by atoms with Gasteiger partial charge in [0.15, 0.2) is 5.82 Å². The maximum atomic E-state index is 5.94. The van der Waals surface area contributed by atoms with Crippen molar-refractivity contribution < 1.29 is 0 Å². The molecule has 0 unspecified atom stereocenters. The first kappa shape index (κ1) is 18.6. The monoisotopic (exact) mass is 407 g/mol. The lowest BCUT2D eigenvalue weighted by Crippen LogP contribution is -2.19. The van der Waals surface area contributed by atoms with Gasteiger partial charge >= 0.3 is 0 Å². The Hall–Kier alpha value is -2.80. The second kappa shape index (κ2) is 8.48. The maximum Gasteiger partial charge on any atom is 0.204 e. The molecule has 0 fully saturated rings. The molecule has 0 radical (unpaired) electrons. The van der Waals surface area contributed by atoms with Crippen molar-refractivity contribution in [2.75, 3.05) is 0 Å². The van der Waals surface area contributed by atoms with Gasteiger partial charge in [0.25, 0.3) is 0 Å². The summed E-state index contributed by atoms with van der Waals surface area (Å²) in [5, 5.41) is 8.88. The molecule has 0 amide bonds. The van der Waals surface area contributed by atoms with Crippen molar-refractivity contribution in [2.45, 2.75) is 13.2 Å². The Bertz CT molecular complexity index is 1110. The minimum Gasteiger partial charge on any atom is -0.294 e. The largest absolute Gasteiger partial charge is 0.294 e. The first-order valence-corrected chi connectivity index (χ1v) is 9.62. The van der Waals surface area contributed by atoms with E-state index in [4.69, 9.17) is 28.9 Å². The lowest BCUT2D eigenvalue weighted by Gasteiger charge is -2.06. The SMILES string of the molecule is S=c1n(CNCc2ccc(Cl)cc2)nc(-c2ccncc2)n1-c1ccccc1. The fourth-order valence-electron chi connectivity index (χ4n) is 2.92. The van der Waals surface area contributed by atoms with E-state index in [1.54, 1.807) is 17.1 Å². The van der Waals surface area contributed by atoms with Crippen LogP contribution < -0.4 is 5.32 Å². The van der Waals surface area contributed by atoms with Gasteiger partial charge in [0.2, 0.25) is 4.77 Å². The third-order valence-corrected chi connectivity index (χ3v) is 4.94. The van der Waals surface area contributed by atoms with Crippen molar-refractivity contribution in [2.24, 2.45) is 0 Å². The van der Waals surface area contributed by atoms with E-state index < -0.39 is 0 Å². The minimum absolute atomic E-state index is 0.499. The van der Waals surface area contributed by atoms with Gasteiger partial charge in [0, 0.05) is 35.2 Å². The molecule has 0 bridgehead atoms. The van der Waals surface area contributed by atoms with Crippen molar-refractivity contribution in [1.82, 2.24) is 24.6 Å². The normalized spacial score (nSPS) is 10.9. The van der Waals surface area contributed by atoms with Gasteiger partial charge in [0.1, 0.15) is 0 Å². The quantitative estimate of drug-likeness (QED) is 0.463. The van der Waals surface area contributed by atoms with Gasteiger partial charge in [-0.05, 0) is 54.2 Å². The molecule has 0 atom stereocenters. The van der Waals surface area contributed by atoms with E-state index in [2.05, 4.69) is 10.3 Å². The first-order chi connectivity index (χ1) is 13.7. The molecular weight excluding hydrogens is 390 g/mol. The molecule has 2 aromatic carbocycles. The van der Waals surface area contributed by atoms with E-state index in [0.29, 0.717) is 18.0 Å². The van der Waals surface area contributed by atoms with Crippen molar-refractivity contribution in [3.05, 3.63) is 94.5 Å². The standard InChI is InChI=1S/C21H18ClN5S/c22-18-8-6-16(7-9-18)14-24-15-26-21(28)27(19-4-2-1-3-5-19)20(25-26)17-10-12-23-13-11-17/h1-13,24H,14-15H2. The Morgan fingerprint density at radius 2 is 1.64 bits per heavy atom. The van der Waals surface area contributed by atoms with Crippen LogP contribution in [0.15, 0.2) is 79.1 Å². The van der Waals surface area contributed by atoms with Gasteiger partial charge in [-0.1, -0.05) is 41.9 Å². The van der Waals surface area contributed by atoms with Crippen LogP contribution in [-0.4, -0.2) is 19.3 Å². The summed E-state index contributed by atoms with van der Waals surface area (Å²) in [5.41, 5.74) is 3.08. The number of nitrogens with one attached hydrogen (secondary N) is 1. The summed E-state index contributed by atoms with van der Waals surface area (Å²) in [6.45, 7) is 1.20. The molecule has 0 aliphatic carbocycles. The van der Waals surface area contributed by atoms with E-state index in [1.807, 2.05) is 71.3 Å². The summed E-state index contributed by atoms with van der Waals surface area (Å²) < 4.78 is 4.41. The van der Waals surface area contributed by atoms with Gasteiger partial charge in [0.05, 0.1) is 6.67 Å². The van der Waals surface area contributed by atoms with Crippen LogP contribution in [0.4, 0.5) is 0 Å². The highest BCUT2D eigenvalue weighted by Gasteiger charge is 2.14. The van der Waals surface area contributed by atoms with Gasteiger partial charge in [-0.3, -0.25) is 14.9 Å². The van der Waals surface area contributed by atoms with Crippen LogP contribution in [0.25, 0.3) is 17.1 Å². The molecule has 4 aromatic rings. The average Bonchev–Trinajstić information content (AvgIpc) is 3.07. The third kappa shape index (κ3) is 4.04. The molecule has 2 heterocycles. The molecule has 140 valence electrons. The summed E-state index contributed by atoms with van der Waals surface area (Å²) in [6.07, 6.45) is 3.51. The van der Waals surface area contributed by atoms with Crippen LogP contribution in [0.1, 0.15) is 5.56 Å². The number of rotatable bonds is 6. The summed E-state index contributed by atoms with van der Waals surface area (Å²) in [5.74, 6) is 0.784. The predicted molar refractivity (Wildman–Crippen MR) is 114 cm³/mol. The highest BCUT2D eigenvalue weighted by Crippen LogP contribution is 2.22. The minimum atomic E-state index is 0.499. The van der Waals surface area contributed by atoms with Gasteiger partial charge in [-0.15, -0.1) is 5.10 Å². The van der Waals surface area contributed by atoms with Crippen molar-refractivity contribution in [3.63, 3.8) is 0 Å². The number of benzene rings is 2. The molecule has 28 heavy (non-hydrogen) atoms. The highest BCUT2D eigenvalue weighted by molar-refractivity contribution is 7.71. The summed E-state index contributed by atoms with van der Waals surface area (Å²) in [4.78, 5) is 4.10. The number of hydrogen-bond acceptors (Lipinski definition) is 4. The molecule has 4 rings (SSSR count). The Labute approximate surface area is 173 Å². The van der Waals surface area contributed by atoms with E-state index in [0.717, 1.165) is 27.7 Å². The molecule has 1 N–H and O–H groups in total. The second-order valence-electron chi connectivity index (χ2n) is 6.22. The summed E-state index contributed by atoms with van der Waals surface area (Å²) >= 11 is 11.7. The molecule has 0 spiro atoms. The lowest BCUT2D eigenvalue weighted by atomic mass is 10.2. The molecule has 0 saturated heterocycles. The third-order valence-electron chi connectivity index (χ3n) is 4.30. The average molecular weight is 408 g/mol. The Morgan fingerprint density at radius 1 is 0.929 bits per heavy atom. The number of para-hydroxylation sites is 1. The molecule has 0 aliphatic rings. The van der Waals surface area contributed by atoms with Crippen LogP contribution in [-0.2, 0) is 13.2 Å². The molecule has 0 saturated carbocycles. The second-order valence-corrected chi connectivity index (χ2v) is 7.03. The smallest absolute Gasteiger partial charge is 0.204 e. The van der Waals surface area contributed by atoms with E-state index in [1.165, 1.54) is 0 Å². The van der Waals surface area contributed by atoms with Gasteiger partial charge < -0.3 is 0 Å². The van der Waals surface area contributed by atoms with Gasteiger partial charge in [-0.2, -0.15) is 0 Å². The lowest BCUT2D eigenvalue weighted by molar-refractivity contribution is 0.504. The summed E-state index contributed by atoms with van der Waals surface area (Å²) in [6, 6.07) is 21.6. The number of hydrogen-bond donors (Lipinski definition) is 1.